The molecular weight excluding hydrogens is 224 g/mol. The summed E-state index contributed by atoms with van der Waals surface area (Å²) in [5.74, 6) is -2.25. The zero-order valence-electron chi connectivity index (χ0n) is 8.17. The van der Waals surface area contributed by atoms with Gasteiger partial charge in [0, 0.05) is 6.42 Å². The van der Waals surface area contributed by atoms with Crippen molar-refractivity contribution in [2.45, 2.75) is 31.8 Å². The molecule has 0 aliphatic carbocycles. The third kappa shape index (κ3) is 2.66. The van der Waals surface area contributed by atoms with Crippen LogP contribution in [0.4, 0.5) is 0 Å². The van der Waals surface area contributed by atoms with Crippen LogP contribution < -0.4 is 5.73 Å². The van der Waals surface area contributed by atoms with Gasteiger partial charge in [0.1, 0.15) is 6.04 Å². The molecule has 2 atom stereocenters. The molecule has 7 heteroatoms. The molecule has 0 radical (unpaired) electrons. The minimum atomic E-state index is -1.16. The van der Waals surface area contributed by atoms with E-state index in [0.717, 1.165) is 4.90 Å². The number of likely N-dealkylation sites (tertiary alicyclic amines) is 1. The summed E-state index contributed by atoms with van der Waals surface area (Å²) in [4.78, 5) is 34.1. The Morgan fingerprint density at radius 2 is 2.13 bits per heavy atom. The van der Waals surface area contributed by atoms with Crippen LogP contribution in [0, 0.1) is 0 Å². The third-order valence-electron chi connectivity index (χ3n) is 2.12. The molecular formula is C8H13ClN2O4. The summed E-state index contributed by atoms with van der Waals surface area (Å²) >= 11 is 0. The molecule has 0 aromatic carbocycles. The number of amides is 2. The van der Waals surface area contributed by atoms with Gasteiger partial charge in [0.15, 0.2) is 0 Å². The van der Waals surface area contributed by atoms with E-state index in [1.165, 1.54) is 6.92 Å². The summed E-state index contributed by atoms with van der Waals surface area (Å²) in [6.07, 6.45) is 0.266. The lowest BCUT2D eigenvalue weighted by Gasteiger charge is -2.21. The minimum absolute atomic E-state index is 0. The lowest BCUT2D eigenvalue weighted by Crippen LogP contribution is -2.49. The zero-order chi connectivity index (χ0) is 10.9. The molecule has 6 nitrogen and oxygen atoms in total. The number of nitrogens with two attached hydrogens (primary N) is 1. The van der Waals surface area contributed by atoms with Crippen LogP contribution in [0.5, 0.6) is 0 Å². The smallest absolute Gasteiger partial charge is 0.326 e. The summed E-state index contributed by atoms with van der Waals surface area (Å²) in [6.45, 7) is 1.42. The maximum absolute atomic E-state index is 11.4. The molecule has 0 bridgehead atoms. The predicted molar refractivity (Wildman–Crippen MR) is 53.4 cm³/mol. The van der Waals surface area contributed by atoms with Crippen molar-refractivity contribution >= 4 is 30.2 Å². The number of nitrogens with zero attached hydrogens (tertiary/aromatic N) is 1. The number of carbonyl (C=O) groups is 3. The van der Waals surface area contributed by atoms with Crippen LogP contribution in [0.25, 0.3) is 0 Å². The first-order valence-corrected chi connectivity index (χ1v) is 4.29. The van der Waals surface area contributed by atoms with E-state index in [-0.39, 0.29) is 25.2 Å². The molecule has 0 saturated carbocycles. The highest BCUT2D eigenvalue weighted by atomic mass is 35.5. The van der Waals surface area contributed by atoms with Gasteiger partial charge in [0.2, 0.25) is 11.8 Å². The highest BCUT2D eigenvalue weighted by Crippen LogP contribution is 2.19. The first-order valence-electron chi connectivity index (χ1n) is 4.29. The van der Waals surface area contributed by atoms with Gasteiger partial charge in [-0.15, -0.1) is 12.4 Å². The quantitative estimate of drug-likeness (QED) is 0.664. The van der Waals surface area contributed by atoms with E-state index in [2.05, 4.69) is 0 Å². The lowest BCUT2D eigenvalue weighted by atomic mass is 10.2. The predicted octanol–water partition coefficient (Wildman–Crippen LogP) is -0.642. The Morgan fingerprint density at radius 1 is 1.60 bits per heavy atom. The molecule has 3 N–H and O–H groups in total. The largest absolute Gasteiger partial charge is 0.480 e. The molecule has 0 aromatic heterocycles. The van der Waals surface area contributed by atoms with Crippen molar-refractivity contribution in [3.05, 3.63) is 0 Å². The molecule has 15 heavy (non-hydrogen) atoms. The van der Waals surface area contributed by atoms with Crippen molar-refractivity contribution in [3.63, 3.8) is 0 Å². The number of halogens is 1. The Balaban J connectivity index is 0.00000196. The van der Waals surface area contributed by atoms with Crippen LogP contribution in [0.3, 0.4) is 0 Å². The van der Waals surface area contributed by atoms with Gasteiger partial charge in [0.05, 0.1) is 6.04 Å². The molecule has 1 saturated heterocycles. The number of carboxylic acids is 1. The van der Waals surface area contributed by atoms with E-state index in [4.69, 9.17) is 10.8 Å². The summed E-state index contributed by atoms with van der Waals surface area (Å²) < 4.78 is 0. The normalized spacial score (nSPS) is 22.1. The van der Waals surface area contributed by atoms with Gasteiger partial charge < -0.3 is 10.8 Å². The van der Waals surface area contributed by atoms with Crippen LogP contribution in [0.2, 0.25) is 0 Å². The number of hydrogen-bond donors (Lipinski definition) is 2. The van der Waals surface area contributed by atoms with Crippen molar-refractivity contribution in [1.82, 2.24) is 4.90 Å². The van der Waals surface area contributed by atoms with Gasteiger partial charge in [-0.05, 0) is 13.3 Å². The fourth-order valence-corrected chi connectivity index (χ4v) is 1.41. The summed E-state index contributed by atoms with van der Waals surface area (Å²) in [5.41, 5.74) is 5.30. The summed E-state index contributed by atoms with van der Waals surface area (Å²) in [7, 11) is 0. The Labute approximate surface area is 92.8 Å². The van der Waals surface area contributed by atoms with E-state index >= 15 is 0 Å². The first kappa shape index (κ1) is 13.9. The number of carboxylic acid groups (broad SMARTS) is 1. The maximum atomic E-state index is 11.4. The standard InChI is InChI=1S/C8H12N2O4.ClH/c1-4(9)7(12)10-5(8(13)14)2-3-6(10)11;/h4-5H,2-3,9H2,1H3,(H,13,14);1H/t4-,5-;/m0./s1. The molecule has 1 fully saturated rings. The SMILES string of the molecule is C[C@H](N)C(=O)N1C(=O)CC[C@H]1C(=O)O.Cl. The van der Waals surface area contributed by atoms with Gasteiger partial charge in [-0.25, -0.2) is 4.79 Å². The number of imide groups is 1. The fourth-order valence-electron chi connectivity index (χ4n) is 1.41. The topological polar surface area (TPSA) is 101 Å². The third-order valence-corrected chi connectivity index (χ3v) is 2.12. The lowest BCUT2D eigenvalue weighted by molar-refractivity contribution is -0.154. The van der Waals surface area contributed by atoms with Crippen molar-refractivity contribution in [2.24, 2.45) is 5.73 Å². The average molecular weight is 237 g/mol. The molecule has 1 heterocycles. The van der Waals surface area contributed by atoms with Gasteiger partial charge in [-0.3, -0.25) is 14.5 Å². The Bertz CT molecular complexity index is 292. The number of rotatable bonds is 2. The van der Waals surface area contributed by atoms with Crippen LogP contribution in [-0.4, -0.2) is 39.9 Å². The van der Waals surface area contributed by atoms with E-state index in [9.17, 15) is 14.4 Å². The van der Waals surface area contributed by atoms with Crippen molar-refractivity contribution < 1.29 is 19.5 Å². The minimum Gasteiger partial charge on any atom is -0.480 e. The Hall–Kier alpha value is -1.14. The van der Waals surface area contributed by atoms with Crippen LogP contribution in [0.15, 0.2) is 0 Å². The van der Waals surface area contributed by atoms with E-state index in [1.54, 1.807) is 0 Å². The van der Waals surface area contributed by atoms with E-state index in [0.29, 0.717) is 0 Å². The summed E-state index contributed by atoms with van der Waals surface area (Å²) in [6, 6.07) is -1.89. The molecule has 2 amide bonds. The highest BCUT2D eigenvalue weighted by Gasteiger charge is 2.40. The maximum Gasteiger partial charge on any atom is 0.326 e. The first-order chi connectivity index (χ1) is 6.45. The van der Waals surface area contributed by atoms with Gasteiger partial charge in [-0.2, -0.15) is 0 Å². The molecule has 0 aromatic rings. The molecule has 1 aliphatic heterocycles. The second-order valence-electron chi connectivity index (χ2n) is 3.28. The van der Waals surface area contributed by atoms with E-state index in [1.807, 2.05) is 0 Å². The zero-order valence-corrected chi connectivity index (χ0v) is 8.99. The van der Waals surface area contributed by atoms with Crippen LogP contribution in [0.1, 0.15) is 19.8 Å². The number of carbonyl (C=O) groups excluding carboxylic acids is 2. The molecule has 0 unspecified atom stereocenters. The van der Waals surface area contributed by atoms with Gasteiger partial charge >= 0.3 is 5.97 Å². The second kappa shape index (κ2) is 5.09. The number of aliphatic carboxylic acids is 1. The van der Waals surface area contributed by atoms with Crippen LogP contribution >= 0.6 is 12.4 Å². The molecule has 86 valence electrons. The van der Waals surface area contributed by atoms with Gasteiger partial charge in [-0.1, -0.05) is 0 Å². The Morgan fingerprint density at radius 3 is 2.53 bits per heavy atom. The molecule has 1 aliphatic rings. The van der Waals surface area contributed by atoms with Gasteiger partial charge in [0.25, 0.3) is 0 Å². The van der Waals surface area contributed by atoms with Crippen LogP contribution in [-0.2, 0) is 14.4 Å². The Kier molecular flexibility index (Phi) is 4.70. The average Bonchev–Trinajstić information content (AvgIpc) is 2.45. The highest BCUT2D eigenvalue weighted by molar-refractivity contribution is 6.03. The molecule has 1 rings (SSSR count). The van der Waals surface area contributed by atoms with E-state index < -0.39 is 29.9 Å². The second-order valence-corrected chi connectivity index (χ2v) is 3.28. The fraction of sp³-hybridized carbons (Fsp3) is 0.625. The summed E-state index contributed by atoms with van der Waals surface area (Å²) in [5, 5.41) is 8.75. The monoisotopic (exact) mass is 236 g/mol. The van der Waals surface area contributed by atoms with Crippen molar-refractivity contribution in [3.8, 4) is 0 Å². The molecule has 0 spiro atoms. The van der Waals surface area contributed by atoms with Crippen molar-refractivity contribution in [1.29, 1.82) is 0 Å². The van der Waals surface area contributed by atoms with Crippen molar-refractivity contribution in [2.75, 3.05) is 0 Å². The number of hydrogen-bond acceptors (Lipinski definition) is 4.